The van der Waals surface area contributed by atoms with Crippen LogP contribution in [0.25, 0.3) is 11.0 Å². The number of methoxy groups -OCH3 is 1. The zero-order chi connectivity index (χ0) is 25.5. The van der Waals surface area contributed by atoms with Gasteiger partial charge in [0.25, 0.3) is 5.91 Å². The number of carbonyl (C=O) groups is 3. The first-order valence-electron chi connectivity index (χ1n) is 11.6. The van der Waals surface area contributed by atoms with Gasteiger partial charge in [-0.05, 0) is 48.9 Å². The first-order valence-corrected chi connectivity index (χ1v) is 11.6. The van der Waals surface area contributed by atoms with E-state index >= 15 is 0 Å². The number of hydrogen-bond donors (Lipinski definition) is 2. The van der Waals surface area contributed by atoms with Crippen LogP contribution in [-0.4, -0.2) is 42.8 Å². The number of nitrogens with one attached hydrogen (secondary N) is 2. The maximum atomic E-state index is 12.8. The summed E-state index contributed by atoms with van der Waals surface area (Å²) in [7, 11) is 1.53. The van der Waals surface area contributed by atoms with Crippen molar-refractivity contribution < 1.29 is 23.5 Å². The number of hydrogen-bond acceptors (Lipinski definition) is 5. The third-order valence-corrected chi connectivity index (χ3v) is 5.67. The number of amides is 3. The van der Waals surface area contributed by atoms with Crippen LogP contribution in [-0.2, 0) is 16.0 Å². The molecule has 2 N–H and O–H groups in total. The highest BCUT2D eigenvalue weighted by Crippen LogP contribution is 2.23. The summed E-state index contributed by atoms with van der Waals surface area (Å²) in [5.74, 6) is -0.0634. The van der Waals surface area contributed by atoms with Crippen LogP contribution in [0, 0.1) is 0 Å². The van der Waals surface area contributed by atoms with E-state index in [1.54, 1.807) is 54.6 Å². The van der Waals surface area contributed by atoms with Crippen molar-refractivity contribution in [3.05, 3.63) is 90.2 Å². The molecule has 0 spiro atoms. The van der Waals surface area contributed by atoms with E-state index in [1.165, 1.54) is 12.0 Å². The SMILES string of the molecule is CCN(CC(=O)Nc1ccccc1OC)C(=O)Cc1ccc(NC(=O)c2cc3ccccc3o2)cc1. The molecule has 0 unspecified atom stereocenters. The number of ether oxygens (including phenoxy) is 1. The fourth-order valence-corrected chi connectivity index (χ4v) is 3.77. The van der Waals surface area contributed by atoms with Crippen molar-refractivity contribution in [1.29, 1.82) is 0 Å². The summed E-state index contributed by atoms with van der Waals surface area (Å²) >= 11 is 0. The molecule has 0 saturated heterocycles. The molecule has 0 aliphatic carbocycles. The van der Waals surface area contributed by atoms with Crippen LogP contribution in [0.3, 0.4) is 0 Å². The predicted molar refractivity (Wildman–Crippen MR) is 138 cm³/mol. The van der Waals surface area contributed by atoms with Gasteiger partial charge in [0, 0.05) is 17.6 Å². The Labute approximate surface area is 208 Å². The molecule has 1 aromatic heterocycles. The van der Waals surface area contributed by atoms with E-state index in [2.05, 4.69) is 10.6 Å². The minimum Gasteiger partial charge on any atom is -0.495 e. The second-order valence-corrected chi connectivity index (χ2v) is 8.13. The predicted octanol–water partition coefficient (Wildman–Crippen LogP) is 4.72. The van der Waals surface area contributed by atoms with E-state index in [1.807, 2.05) is 31.2 Å². The van der Waals surface area contributed by atoms with Gasteiger partial charge in [-0.2, -0.15) is 0 Å². The average Bonchev–Trinajstić information content (AvgIpc) is 3.33. The van der Waals surface area contributed by atoms with Crippen LogP contribution >= 0.6 is 0 Å². The molecule has 36 heavy (non-hydrogen) atoms. The average molecular weight is 486 g/mol. The van der Waals surface area contributed by atoms with Crippen molar-refractivity contribution in [2.24, 2.45) is 0 Å². The van der Waals surface area contributed by atoms with Crippen molar-refractivity contribution in [3.8, 4) is 5.75 Å². The Kier molecular flexibility index (Phi) is 7.65. The van der Waals surface area contributed by atoms with Crippen LogP contribution in [0.4, 0.5) is 11.4 Å². The molecule has 8 nitrogen and oxygen atoms in total. The van der Waals surface area contributed by atoms with Gasteiger partial charge in [-0.1, -0.05) is 42.5 Å². The molecule has 0 fully saturated rings. The zero-order valence-electron chi connectivity index (χ0n) is 20.1. The lowest BCUT2D eigenvalue weighted by Crippen LogP contribution is -2.38. The van der Waals surface area contributed by atoms with Gasteiger partial charge in [-0.3, -0.25) is 14.4 Å². The molecule has 3 amide bonds. The summed E-state index contributed by atoms with van der Waals surface area (Å²) in [5, 5.41) is 6.44. The van der Waals surface area contributed by atoms with Crippen LogP contribution in [0.15, 0.2) is 83.3 Å². The Morgan fingerprint density at radius 3 is 2.36 bits per heavy atom. The number of furan rings is 1. The Morgan fingerprint density at radius 2 is 1.64 bits per heavy atom. The highest BCUT2D eigenvalue weighted by atomic mass is 16.5. The third kappa shape index (κ3) is 5.90. The van der Waals surface area contributed by atoms with E-state index in [4.69, 9.17) is 9.15 Å². The van der Waals surface area contributed by atoms with Gasteiger partial charge in [0.1, 0.15) is 11.3 Å². The summed E-state index contributed by atoms with van der Waals surface area (Å²) in [5.41, 5.74) is 2.55. The number of rotatable bonds is 9. The third-order valence-electron chi connectivity index (χ3n) is 5.67. The number of anilines is 2. The smallest absolute Gasteiger partial charge is 0.291 e. The molecule has 1 heterocycles. The van der Waals surface area contributed by atoms with Crippen molar-refractivity contribution in [1.82, 2.24) is 4.90 Å². The largest absolute Gasteiger partial charge is 0.495 e. The number of para-hydroxylation sites is 3. The number of benzene rings is 3. The Balaban J connectivity index is 1.32. The molecule has 0 saturated carbocycles. The van der Waals surface area contributed by atoms with Gasteiger partial charge >= 0.3 is 0 Å². The number of likely N-dealkylation sites (N-methyl/N-ethyl adjacent to an activating group) is 1. The van der Waals surface area contributed by atoms with Crippen LogP contribution in [0.5, 0.6) is 5.75 Å². The Morgan fingerprint density at radius 1 is 0.917 bits per heavy atom. The molecule has 0 radical (unpaired) electrons. The quantitative estimate of drug-likeness (QED) is 0.357. The Hall–Kier alpha value is -4.59. The van der Waals surface area contributed by atoms with E-state index < -0.39 is 0 Å². The van der Waals surface area contributed by atoms with Crippen LogP contribution in [0.1, 0.15) is 23.0 Å². The van der Waals surface area contributed by atoms with Crippen LogP contribution in [0.2, 0.25) is 0 Å². The van der Waals surface area contributed by atoms with Gasteiger partial charge in [0.15, 0.2) is 5.76 Å². The standard InChI is InChI=1S/C28H27N3O5/c1-3-31(18-26(32)30-22-9-5-7-11-24(22)35-2)27(33)16-19-12-14-21(15-13-19)29-28(34)25-17-20-8-4-6-10-23(20)36-25/h4-15,17H,3,16,18H2,1-2H3,(H,29,34)(H,30,32). The molecule has 0 aliphatic rings. The first-order chi connectivity index (χ1) is 17.5. The maximum Gasteiger partial charge on any atom is 0.291 e. The molecule has 0 atom stereocenters. The molecule has 4 rings (SSSR count). The van der Waals surface area contributed by atoms with Crippen LogP contribution < -0.4 is 15.4 Å². The van der Waals surface area contributed by atoms with Crippen molar-refractivity contribution in [3.63, 3.8) is 0 Å². The number of fused-ring (bicyclic) bond motifs is 1. The summed E-state index contributed by atoms with van der Waals surface area (Å²) in [6.07, 6.45) is 0.133. The van der Waals surface area contributed by atoms with E-state index in [-0.39, 0.29) is 36.4 Å². The van der Waals surface area contributed by atoms with Gasteiger partial charge in [0.2, 0.25) is 11.8 Å². The molecular formula is C28H27N3O5. The normalized spacial score (nSPS) is 10.6. The monoisotopic (exact) mass is 485 g/mol. The molecule has 184 valence electrons. The van der Waals surface area contributed by atoms with E-state index in [0.717, 1.165) is 10.9 Å². The molecule has 0 bridgehead atoms. The van der Waals surface area contributed by atoms with E-state index in [9.17, 15) is 14.4 Å². The van der Waals surface area contributed by atoms with Gasteiger partial charge < -0.3 is 24.7 Å². The zero-order valence-corrected chi connectivity index (χ0v) is 20.1. The minimum absolute atomic E-state index is 0.0704. The van der Waals surface area contributed by atoms with Gasteiger partial charge in [0.05, 0.1) is 25.8 Å². The second-order valence-electron chi connectivity index (χ2n) is 8.13. The van der Waals surface area contributed by atoms with Crippen molar-refractivity contribution in [2.75, 3.05) is 30.8 Å². The molecule has 3 aromatic carbocycles. The van der Waals surface area contributed by atoms with E-state index in [0.29, 0.717) is 29.3 Å². The maximum absolute atomic E-state index is 12.8. The number of nitrogens with zero attached hydrogens (tertiary/aromatic N) is 1. The summed E-state index contributed by atoms with van der Waals surface area (Å²) < 4.78 is 10.8. The highest BCUT2D eigenvalue weighted by Gasteiger charge is 2.17. The minimum atomic E-state index is -0.353. The molecule has 0 aliphatic heterocycles. The van der Waals surface area contributed by atoms with Gasteiger partial charge in [-0.25, -0.2) is 0 Å². The van der Waals surface area contributed by atoms with Crippen molar-refractivity contribution in [2.45, 2.75) is 13.3 Å². The van der Waals surface area contributed by atoms with Crippen molar-refractivity contribution >= 4 is 40.1 Å². The lowest BCUT2D eigenvalue weighted by atomic mass is 10.1. The first kappa shape index (κ1) is 24.5. The summed E-state index contributed by atoms with van der Waals surface area (Å²) in [6, 6.07) is 23.2. The Bertz CT molecular complexity index is 1340. The molecular weight excluding hydrogens is 458 g/mol. The molecule has 8 heteroatoms. The summed E-state index contributed by atoms with van der Waals surface area (Å²) in [4.78, 5) is 39.4. The summed E-state index contributed by atoms with van der Waals surface area (Å²) in [6.45, 7) is 2.15. The lowest BCUT2D eigenvalue weighted by molar-refractivity contribution is -0.133. The topological polar surface area (TPSA) is 101 Å². The fraction of sp³-hybridized carbons (Fsp3) is 0.179. The fourth-order valence-electron chi connectivity index (χ4n) is 3.77. The second kappa shape index (κ2) is 11.2. The van der Waals surface area contributed by atoms with Gasteiger partial charge in [-0.15, -0.1) is 0 Å². The number of carbonyl (C=O) groups excluding carboxylic acids is 3. The highest BCUT2D eigenvalue weighted by molar-refractivity contribution is 6.04. The lowest BCUT2D eigenvalue weighted by Gasteiger charge is -2.21. The molecule has 4 aromatic rings.